The lowest BCUT2D eigenvalue weighted by molar-refractivity contribution is -0.326. The molecule has 3 rings (SSSR count). The van der Waals surface area contributed by atoms with E-state index in [1.54, 1.807) is 27.7 Å². The molecule has 0 saturated carbocycles. The largest absolute Gasteiger partial charge is 0.498 e. The molecule has 0 aliphatic carbocycles. The number of rotatable bonds is 5. The normalized spacial score (nSPS) is 38.9. The highest BCUT2D eigenvalue weighted by molar-refractivity contribution is 5.80. The van der Waals surface area contributed by atoms with Gasteiger partial charge >= 0.3 is 11.8 Å². The van der Waals surface area contributed by atoms with Crippen molar-refractivity contribution in [2.75, 3.05) is 19.8 Å². The van der Waals surface area contributed by atoms with Gasteiger partial charge in [0.2, 0.25) is 0 Å². The maximum Gasteiger partial charge on any atom is 0.370 e. The van der Waals surface area contributed by atoms with E-state index in [0.717, 1.165) is 0 Å². The van der Waals surface area contributed by atoms with E-state index in [4.69, 9.17) is 33.2 Å². The molecule has 0 aromatic rings. The molecule has 0 radical (unpaired) electrons. The second-order valence-corrected chi connectivity index (χ2v) is 6.83. The first-order valence-corrected chi connectivity index (χ1v) is 7.96. The summed E-state index contributed by atoms with van der Waals surface area (Å²) in [6, 6.07) is 0. The Bertz CT molecular complexity index is 516. The third-order valence-corrected chi connectivity index (χ3v) is 4.03. The molecular weight excluding hydrogens is 320 g/mol. The summed E-state index contributed by atoms with van der Waals surface area (Å²) in [6.07, 6.45) is -0.432. The highest BCUT2D eigenvalue weighted by atomic mass is 16.9. The maximum absolute atomic E-state index is 12.7. The first-order chi connectivity index (χ1) is 11.2. The third-order valence-electron chi connectivity index (χ3n) is 4.03. The van der Waals surface area contributed by atoms with Gasteiger partial charge in [0.15, 0.2) is 17.7 Å². The summed E-state index contributed by atoms with van der Waals surface area (Å²) in [5, 5.41) is 0. The molecule has 4 atom stereocenters. The van der Waals surface area contributed by atoms with Gasteiger partial charge in [-0.2, -0.15) is 0 Å². The quantitative estimate of drug-likeness (QED) is 0.416. The lowest BCUT2D eigenvalue weighted by atomic mass is 10.0. The van der Waals surface area contributed by atoms with Crippen LogP contribution >= 0.6 is 0 Å². The van der Waals surface area contributed by atoms with Gasteiger partial charge in [-0.15, -0.1) is 0 Å². The van der Waals surface area contributed by atoms with Gasteiger partial charge in [-0.05, 0) is 27.7 Å². The van der Waals surface area contributed by atoms with E-state index in [1.807, 2.05) is 0 Å². The Balaban J connectivity index is 1.78. The van der Waals surface area contributed by atoms with E-state index in [-0.39, 0.29) is 19.8 Å². The second kappa shape index (κ2) is 5.96. The molecule has 3 aliphatic rings. The second-order valence-electron chi connectivity index (χ2n) is 6.83. The van der Waals surface area contributed by atoms with Gasteiger partial charge < -0.3 is 33.2 Å². The molecule has 0 bridgehead atoms. The van der Waals surface area contributed by atoms with Crippen LogP contribution in [0.15, 0.2) is 12.8 Å². The van der Waals surface area contributed by atoms with Gasteiger partial charge in [0, 0.05) is 0 Å². The fourth-order valence-corrected chi connectivity index (χ4v) is 3.18. The first-order valence-electron chi connectivity index (χ1n) is 7.96. The van der Waals surface area contributed by atoms with Gasteiger partial charge in [-0.3, -0.25) is 0 Å². The maximum atomic E-state index is 12.7. The molecule has 3 saturated heterocycles. The van der Waals surface area contributed by atoms with Crippen molar-refractivity contribution >= 4 is 5.97 Å². The number of fused-ring (bicyclic) bond motifs is 3. The van der Waals surface area contributed by atoms with Crippen molar-refractivity contribution in [3.8, 4) is 0 Å². The standard InChI is InChI=1S/C16H24O8/c1-6-18-7-8-19-13(17)16-12(23-15(4,5)24-16)11-10(21-16)9-20-14(2,3)22-11/h6,10-12H,1,7-9H2,2-5H3. The number of esters is 1. The van der Waals surface area contributed by atoms with Crippen molar-refractivity contribution in [1.29, 1.82) is 0 Å². The molecule has 0 aromatic heterocycles. The average Bonchev–Trinajstić information content (AvgIpc) is 2.91. The molecule has 0 N–H and O–H groups in total. The van der Waals surface area contributed by atoms with Crippen molar-refractivity contribution in [2.45, 2.75) is 63.4 Å². The molecule has 136 valence electrons. The van der Waals surface area contributed by atoms with Crippen LogP contribution in [0.5, 0.6) is 0 Å². The predicted molar refractivity (Wildman–Crippen MR) is 79.7 cm³/mol. The van der Waals surface area contributed by atoms with Crippen molar-refractivity contribution < 1.29 is 38.0 Å². The minimum absolute atomic E-state index is 0.0463. The Morgan fingerprint density at radius 1 is 1.17 bits per heavy atom. The number of hydrogen-bond donors (Lipinski definition) is 0. The summed E-state index contributed by atoms with van der Waals surface area (Å²) in [7, 11) is 0. The lowest BCUT2D eigenvalue weighted by Gasteiger charge is -2.38. The molecule has 4 unspecified atom stereocenters. The summed E-state index contributed by atoms with van der Waals surface area (Å²) in [5.74, 6) is -4.13. The van der Waals surface area contributed by atoms with Crippen LogP contribution in [0.4, 0.5) is 0 Å². The van der Waals surface area contributed by atoms with Crippen molar-refractivity contribution in [3.05, 3.63) is 12.8 Å². The van der Waals surface area contributed by atoms with Crippen LogP contribution in [-0.2, 0) is 38.0 Å². The molecule has 0 spiro atoms. The van der Waals surface area contributed by atoms with E-state index >= 15 is 0 Å². The summed E-state index contributed by atoms with van der Waals surface area (Å²) in [6.45, 7) is 11.0. The van der Waals surface area contributed by atoms with E-state index in [2.05, 4.69) is 6.58 Å². The van der Waals surface area contributed by atoms with Crippen molar-refractivity contribution in [2.24, 2.45) is 0 Å². The highest BCUT2D eigenvalue weighted by Crippen LogP contribution is 2.49. The Labute approximate surface area is 140 Å². The monoisotopic (exact) mass is 344 g/mol. The van der Waals surface area contributed by atoms with Crippen molar-refractivity contribution in [1.82, 2.24) is 0 Å². The summed E-state index contributed by atoms with van der Waals surface area (Å²) < 4.78 is 39.3. The predicted octanol–water partition coefficient (Wildman–Crippen LogP) is 1.09. The zero-order valence-corrected chi connectivity index (χ0v) is 14.4. The average molecular weight is 344 g/mol. The Hall–Kier alpha value is -1.19. The first kappa shape index (κ1) is 17.6. The SMILES string of the molecule is C=COCCOC(=O)C12OC3COC(C)(C)OC3C1OC(C)(C)O2. The summed E-state index contributed by atoms with van der Waals surface area (Å²) in [4.78, 5) is 12.7. The number of carbonyl (C=O) groups is 1. The van der Waals surface area contributed by atoms with E-state index in [9.17, 15) is 4.79 Å². The zero-order chi connectivity index (χ0) is 17.6. The molecule has 3 aliphatic heterocycles. The highest BCUT2D eigenvalue weighted by Gasteiger charge is 2.71. The number of carbonyl (C=O) groups excluding carboxylic acids is 1. The molecular formula is C16H24O8. The van der Waals surface area contributed by atoms with Crippen LogP contribution in [0, 0.1) is 0 Å². The van der Waals surface area contributed by atoms with Gasteiger partial charge in [0.05, 0.1) is 12.9 Å². The van der Waals surface area contributed by atoms with Gasteiger partial charge in [-0.25, -0.2) is 4.79 Å². The molecule has 8 heteroatoms. The van der Waals surface area contributed by atoms with Crippen LogP contribution < -0.4 is 0 Å². The van der Waals surface area contributed by atoms with Crippen LogP contribution in [0.1, 0.15) is 27.7 Å². The molecule has 24 heavy (non-hydrogen) atoms. The van der Waals surface area contributed by atoms with Crippen LogP contribution in [0.2, 0.25) is 0 Å². The molecule has 3 fully saturated rings. The van der Waals surface area contributed by atoms with Crippen LogP contribution in [0.3, 0.4) is 0 Å². The van der Waals surface area contributed by atoms with E-state index in [0.29, 0.717) is 0 Å². The number of hydrogen-bond acceptors (Lipinski definition) is 8. The van der Waals surface area contributed by atoms with Crippen LogP contribution in [-0.4, -0.2) is 61.5 Å². The van der Waals surface area contributed by atoms with Gasteiger partial charge in [0.1, 0.15) is 25.4 Å². The fourth-order valence-electron chi connectivity index (χ4n) is 3.18. The van der Waals surface area contributed by atoms with Crippen LogP contribution in [0.25, 0.3) is 0 Å². The molecule has 3 heterocycles. The Morgan fingerprint density at radius 3 is 2.62 bits per heavy atom. The molecule has 0 aromatic carbocycles. The molecule has 8 nitrogen and oxygen atoms in total. The minimum Gasteiger partial charge on any atom is -0.498 e. The Morgan fingerprint density at radius 2 is 1.92 bits per heavy atom. The summed E-state index contributed by atoms with van der Waals surface area (Å²) in [5.41, 5.74) is 0. The summed E-state index contributed by atoms with van der Waals surface area (Å²) >= 11 is 0. The fraction of sp³-hybridized carbons (Fsp3) is 0.812. The van der Waals surface area contributed by atoms with Gasteiger partial charge in [-0.1, -0.05) is 6.58 Å². The third kappa shape index (κ3) is 3.04. The van der Waals surface area contributed by atoms with Gasteiger partial charge in [0.25, 0.3) is 0 Å². The zero-order valence-electron chi connectivity index (χ0n) is 14.4. The van der Waals surface area contributed by atoms with E-state index < -0.39 is 41.6 Å². The molecule has 0 amide bonds. The number of ether oxygens (including phenoxy) is 7. The van der Waals surface area contributed by atoms with Crippen molar-refractivity contribution in [3.63, 3.8) is 0 Å². The minimum atomic E-state index is -1.67. The smallest absolute Gasteiger partial charge is 0.370 e. The lowest BCUT2D eigenvalue weighted by Crippen LogP contribution is -2.52. The Kier molecular flexibility index (Phi) is 4.38. The van der Waals surface area contributed by atoms with E-state index in [1.165, 1.54) is 6.26 Å². The topological polar surface area (TPSA) is 81.7 Å².